The number of benzene rings is 2. The van der Waals surface area contributed by atoms with E-state index in [0.29, 0.717) is 23.7 Å². The second-order valence-electron chi connectivity index (χ2n) is 17.0. The normalized spacial score (nSPS) is 32.1. The van der Waals surface area contributed by atoms with Crippen LogP contribution in [-0.2, 0) is 46.5 Å². The molecular formula is C45H59N3O9. The number of carbonyl (C=O) groups is 3. The molecule has 2 bridgehead atoms. The largest absolute Gasteiger partial charge is 0.458 e. The number of amides is 2. The number of carbonyl (C=O) groups excluding carboxylic acids is 3. The van der Waals surface area contributed by atoms with E-state index >= 15 is 0 Å². The molecule has 4 heterocycles. The van der Waals surface area contributed by atoms with E-state index in [4.69, 9.17) is 28.9 Å². The summed E-state index contributed by atoms with van der Waals surface area (Å²) in [5.41, 5.74) is 1.87. The van der Waals surface area contributed by atoms with Crippen molar-refractivity contribution in [1.29, 1.82) is 0 Å². The summed E-state index contributed by atoms with van der Waals surface area (Å²) in [6.07, 6.45) is 13.9. The van der Waals surface area contributed by atoms with Gasteiger partial charge in [0, 0.05) is 37.9 Å². The molecule has 12 heteroatoms. The predicted molar refractivity (Wildman–Crippen MR) is 211 cm³/mol. The maximum absolute atomic E-state index is 14.9. The molecule has 2 aliphatic carbocycles. The number of hydrogen-bond acceptors (Lipinski definition) is 10. The molecule has 6 fully saturated rings. The summed E-state index contributed by atoms with van der Waals surface area (Å²) in [4.78, 5) is 48.6. The van der Waals surface area contributed by atoms with Gasteiger partial charge in [-0.1, -0.05) is 88.1 Å². The van der Waals surface area contributed by atoms with E-state index in [-0.39, 0.29) is 44.5 Å². The van der Waals surface area contributed by atoms with Crippen LogP contribution < -0.4 is 10.6 Å². The van der Waals surface area contributed by atoms with E-state index in [0.717, 1.165) is 87.3 Å². The summed E-state index contributed by atoms with van der Waals surface area (Å²) in [5.74, 6) is -1.45. The third kappa shape index (κ3) is 8.31. The summed E-state index contributed by atoms with van der Waals surface area (Å²) in [6.45, 7) is 4.73. The number of rotatable bonds is 18. The van der Waals surface area contributed by atoms with Gasteiger partial charge in [-0.2, -0.15) is 5.06 Å². The molecule has 0 aromatic heterocycles. The van der Waals surface area contributed by atoms with Crippen molar-refractivity contribution in [3.05, 3.63) is 76.9 Å². The number of nitrogens with zero attached hydrogens (tertiary/aromatic N) is 1. The van der Waals surface area contributed by atoms with Crippen LogP contribution in [0.3, 0.4) is 0 Å². The Kier molecular flexibility index (Phi) is 12.2. The predicted octanol–water partition coefficient (Wildman–Crippen LogP) is 5.75. The SMILES string of the molecule is CCCCCC1(CCCCC)OC2C3CC4(C(=O)NCc5cccc(C(=O)NCCO)c5)C(ON(Cc5ccc(C=CC6CCC7OC7C6)cc5)C4C(=O)O3)C2O1. The van der Waals surface area contributed by atoms with E-state index in [1.807, 2.05) is 18.2 Å². The smallest absolute Gasteiger partial charge is 0.327 e. The van der Waals surface area contributed by atoms with Crippen molar-refractivity contribution in [1.82, 2.24) is 15.7 Å². The molecule has 9 atom stereocenters. The van der Waals surface area contributed by atoms with Gasteiger partial charge in [-0.3, -0.25) is 19.2 Å². The molecule has 6 aliphatic rings. The number of allylic oxidation sites excluding steroid dienone is 1. The van der Waals surface area contributed by atoms with Crippen molar-refractivity contribution < 1.29 is 43.3 Å². The lowest BCUT2D eigenvalue weighted by Gasteiger charge is -2.48. The number of nitrogens with one attached hydrogen (secondary N) is 2. The highest BCUT2D eigenvalue weighted by atomic mass is 16.8. The third-order valence-corrected chi connectivity index (χ3v) is 13.0. The number of fused-ring (bicyclic) bond motifs is 5. The molecule has 4 aliphatic heterocycles. The molecular weight excluding hydrogens is 727 g/mol. The lowest BCUT2D eigenvalue weighted by atomic mass is 9.62. The number of aliphatic hydroxyl groups excluding tert-OH is 1. The van der Waals surface area contributed by atoms with Crippen molar-refractivity contribution in [3.63, 3.8) is 0 Å². The van der Waals surface area contributed by atoms with Gasteiger partial charge in [-0.15, -0.1) is 0 Å². The van der Waals surface area contributed by atoms with Gasteiger partial charge in [0.25, 0.3) is 5.91 Å². The van der Waals surface area contributed by atoms with Crippen LogP contribution in [0.15, 0.2) is 54.6 Å². The van der Waals surface area contributed by atoms with Gasteiger partial charge in [0.1, 0.15) is 29.8 Å². The van der Waals surface area contributed by atoms with Crippen LogP contribution in [0.5, 0.6) is 0 Å². The molecule has 8 rings (SSSR count). The number of esters is 1. The average molecular weight is 786 g/mol. The Morgan fingerprint density at radius 1 is 0.912 bits per heavy atom. The summed E-state index contributed by atoms with van der Waals surface area (Å²) in [6, 6.07) is 14.2. The first kappa shape index (κ1) is 40.1. The maximum Gasteiger partial charge on any atom is 0.327 e. The molecule has 4 saturated heterocycles. The molecule has 2 saturated carbocycles. The molecule has 3 N–H and O–H groups in total. The zero-order chi connectivity index (χ0) is 39.6. The molecule has 308 valence electrons. The maximum atomic E-state index is 14.9. The van der Waals surface area contributed by atoms with Gasteiger partial charge in [0.2, 0.25) is 5.91 Å². The number of hydrogen-bond donors (Lipinski definition) is 3. The Morgan fingerprint density at radius 2 is 1.68 bits per heavy atom. The number of unbranched alkanes of at least 4 members (excludes halogenated alkanes) is 4. The monoisotopic (exact) mass is 785 g/mol. The Hall–Kier alpha value is -3.65. The molecule has 0 radical (unpaired) electrons. The molecule has 2 aromatic carbocycles. The fourth-order valence-corrected chi connectivity index (χ4v) is 9.91. The van der Waals surface area contributed by atoms with Gasteiger partial charge in [0.05, 0.1) is 25.4 Å². The average Bonchev–Trinajstić information content (AvgIpc) is 3.77. The molecule has 0 spiro atoms. The minimum Gasteiger partial charge on any atom is -0.458 e. The molecule has 57 heavy (non-hydrogen) atoms. The Bertz CT molecular complexity index is 1780. The molecule has 2 aromatic rings. The summed E-state index contributed by atoms with van der Waals surface area (Å²) >= 11 is 0. The molecule has 9 unspecified atom stereocenters. The second-order valence-corrected chi connectivity index (χ2v) is 17.0. The fraction of sp³-hybridized carbons (Fsp3) is 0.622. The Balaban J connectivity index is 1.05. The van der Waals surface area contributed by atoms with Gasteiger partial charge < -0.3 is 34.7 Å². The second kappa shape index (κ2) is 17.3. The van der Waals surface area contributed by atoms with Crippen LogP contribution in [-0.4, -0.2) is 89.6 Å². The highest BCUT2D eigenvalue weighted by Gasteiger charge is 2.76. The zero-order valence-corrected chi connectivity index (χ0v) is 33.4. The van der Waals surface area contributed by atoms with Gasteiger partial charge in [-0.25, -0.2) is 0 Å². The van der Waals surface area contributed by atoms with Gasteiger partial charge in [0.15, 0.2) is 11.8 Å². The van der Waals surface area contributed by atoms with Gasteiger partial charge in [-0.05, 0) is 66.8 Å². The quantitative estimate of drug-likeness (QED) is 0.0971. The summed E-state index contributed by atoms with van der Waals surface area (Å²) in [5, 5.41) is 16.6. The van der Waals surface area contributed by atoms with Crippen molar-refractivity contribution in [2.75, 3.05) is 13.2 Å². The standard InChI is InChI=1S/C45H59N3O9/c1-3-5-7-20-44(21-8-6-4-2)55-37-36-26-45(43(52)47-27-32-10-9-11-33(24-32)41(50)46-22-23-49)39(42(51)54-36)48(57-40(45)38(37)56-44)28-31-16-13-29(14-17-31)12-15-30-18-19-34-35(25-30)53-34/h9-17,24,30,34-40,49H,3-8,18-23,25-28H2,1-2H3,(H,46,50)(H,47,52). The van der Waals surface area contributed by atoms with Crippen LogP contribution in [0.25, 0.3) is 6.08 Å². The minimum absolute atomic E-state index is 0.133. The van der Waals surface area contributed by atoms with Gasteiger partial charge >= 0.3 is 5.97 Å². The number of epoxide rings is 1. The van der Waals surface area contributed by atoms with Crippen molar-refractivity contribution in [3.8, 4) is 0 Å². The first-order valence-electron chi connectivity index (χ1n) is 21.4. The lowest BCUT2D eigenvalue weighted by Crippen LogP contribution is -2.69. The van der Waals surface area contributed by atoms with Crippen LogP contribution in [0, 0.1) is 11.3 Å². The highest BCUT2D eigenvalue weighted by molar-refractivity contribution is 5.95. The number of hydroxylamine groups is 2. The minimum atomic E-state index is -1.31. The first-order chi connectivity index (χ1) is 27.8. The number of ether oxygens (including phenoxy) is 4. The van der Waals surface area contributed by atoms with Crippen molar-refractivity contribution in [2.24, 2.45) is 11.3 Å². The van der Waals surface area contributed by atoms with E-state index in [1.54, 1.807) is 23.3 Å². The molecule has 12 nitrogen and oxygen atoms in total. The van der Waals surface area contributed by atoms with E-state index in [1.165, 1.54) is 0 Å². The summed E-state index contributed by atoms with van der Waals surface area (Å²) < 4.78 is 25.9. The van der Waals surface area contributed by atoms with Crippen LogP contribution in [0.2, 0.25) is 0 Å². The van der Waals surface area contributed by atoms with E-state index in [2.05, 4.69) is 48.8 Å². The van der Waals surface area contributed by atoms with Crippen LogP contribution >= 0.6 is 0 Å². The van der Waals surface area contributed by atoms with Crippen molar-refractivity contribution >= 4 is 23.9 Å². The highest BCUT2D eigenvalue weighted by Crippen LogP contribution is 2.58. The Labute approximate surface area is 335 Å². The van der Waals surface area contributed by atoms with Crippen LogP contribution in [0.4, 0.5) is 0 Å². The third-order valence-electron chi connectivity index (χ3n) is 13.0. The molecule has 2 amide bonds. The summed E-state index contributed by atoms with van der Waals surface area (Å²) in [7, 11) is 0. The topological polar surface area (TPSA) is 148 Å². The Morgan fingerprint density at radius 3 is 2.42 bits per heavy atom. The van der Waals surface area contributed by atoms with E-state index in [9.17, 15) is 14.4 Å². The van der Waals surface area contributed by atoms with Crippen molar-refractivity contribution in [2.45, 2.75) is 152 Å². The zero-order valence-electron chi connectivity index (χ0n) is 33.4. The number of aliphatic hydroxyl groups is 1. The lowest BCUT2D eigenvalue weighted by molar-refractivity contribution is -0.224. The van der Waals surface area contributed by atoms with E-state index < -0.39 is 47.6 Å². The first-order valence-corrected chi connectivity index (χ1v) is 21.4. The van der Waals surface area contributed by atoms with Crippen LogP contribution in [0.1, 0.15) is 118 Å². The fourth-order valence-electron chi connectivity index (χ4n) is 9.91.